The minimum absolute atomic E-state index is 0.140. The van der Waals surface area contributed by atoms with E-state index in [1.807, 2.05) is 6.92 Å². The van der Waals surface area contributed by atoms with Crippen LogP contribution in [0.3, 0.4) is 0 Å². The van der Waals surface area contributed by atoms with Crippen LogP contribution in [0, 0.1) is 17.3 Å². The summed E-state index contributed by atoms with van der Waals surface area (Å²) in [6.07, 6.45) is 4.81. The minimum Gasteiger partial charge on any atom is -0.348 e. The van der Waals surface area contributed by atoms with E-state index in [1.54, 1.807) is 0 Å². The van der Waals surface area contributed by atoms with Crippen LogP contribution in [-0.4, -0.2) is 31.1 Å². The van der Waals surface area contributed by atoms with Crippen molar-refractivity contribution in [3.63, 3.8) is 0 Å². The Balaban J connectivity index is 1.82. The zero-order chi connectivity index (χ0) is 12.8. The van der Waals surface area contributed by atoms with Crippen molar-refractivity contribution in [2.75, 3.05) is 13.2 Å². The Labute approximate surface area is 107 Å². The summed E-state index contributed by atoms with van der Waals surface area (Å²) in [5.41, 5.74) is -0.343. The first-order valence-electron chi connectivity index (χ1n) is 6.87. The highest BCUT2D eigenvalue weighted by molar-refractivity contribution is 5.97. The van der Waals surface area contributed by atoms with Gasteiger partial charge in [-0.25, -0.2) is 0 Å². The average Bonchev–Trinajstić information content (AvgIpc) is 2.82. The third-order valence-corrected chi connectivity index (χ3v) is 5.19. The lowest BCUT2D eigenvalue weighted by Gasteiger charge is -2.50. The van der Waals surface area contributed by atoms with Gasteiger partial charge in [0.25, 0.3) is 0 Å². The van der Waals surface area contributed by atoms with Gasteiger partial charge in [-0.2, -0.15) is 0 Å². The molecule has 1 saturated heterocycles. The second kappa shape index (κ2) is 4.14. The van der Waals surface area contributed by atoms with Crippen molar-refractivity contribution >= 4 is 12.1 Å². The van der Waals surface area contributed by atoms with Crippen LogP contribution < -0.4 is 0 Å². The topological polar surface area (TPSA) is 52.6 Å². The Morgan fingerprint density at radius 1 is 1.22 bits per heavy atom. The van der Waals surface area contributed by atoms with Crippen LogP contribution in [-0.2, 0) is 19.1 Å². The largest absolute Gasteiger partial charge is 0.348 e. The maximum atomic E-state index is 12.4. The average molecular weight is 252 g/mol. The number of fused-ring (bicyclic) bond motifs is 1. The van der Waals surface area contributed by atoms with Gasteiger partial charge in [-0.1, -0.05) is 6.92 Å². The van der Waals surface area contributed by atoms with Crippen molar-refractivity contribution in [1.29, 1.82) is 0 Å². The third kappa shape index (κ3) is 1.66. The van der Waals surface area contributed by atoms with Crippen LogP contribution in [0.25, 0.3) is 0 Å². The first kappa shape index (κ1) is 12.3. The Kier molecular flexibility index (Phi) is 2.83. The molecule has 2 saturated carbocycles. The van der Waals surface area contributed by atoms with Gasteiger partial charge in [0.15, 0.2) is 5.79 Å². The second-order valence-electron chi connectivity index (χ2n) is 6.11. The number of carbonyl (C=O) groups excluding carboxylic acids is 2. The van der Waals surface area contributed by atoms with Gasteiger partial charge in [0.2, 0.25) is 0 Å². The van der Waals surface area contributed by atoms with Gasteiger partial charge >= 0.3 is 0 Å². The number of aldehydes is 1. The molecule has 1 heterocycles. The lowest BCUT2D eigenvalue weighted by molar-refractivity contribution is -0.210. The van der Waals surface area contributed by atoms with Gasteiger partial charge in [0.05, 0.1) is 19.1 Å². The molecular weight excluding hydrogens is 232 g/mol. The second-order valence-corrected chi connectivity index (χ2v) is 6.11. The molecule has 0 aromatic heterocycles. The SMILES string of the molecule is C[C@]12CCC3(C[C@@H]1CCC(C=O)C2=O)OCCO3. The number of hydrogen-bond acceptors (Lipinski definition) is 4. The predicted octanol–water partition coefficient (Wildman–Crippen LogP) is 1.71. The van der Waals surface area contributed by atoms with Crippen LogP contribution in [0.1, 0.15) is 39.0 Å². The van der Waals surface area contributed by atoms with Crippen molar-refractivity contribution in [1.82, 2.24) is 0 Å². The van der Waals surface area contributed by atoms with Gasteiger partial charge in [0, 0.05) is 18.3 Å². The van der Waals surface area contributed by atoms with Crippen molar-refractivity contribution < 1.29 is 19.1 Å². The van der Waals surface area contributed by atoms with Crippen LogP contribution in [0.2, 0.25) is 0 Å². The molecule has 1 aliphatic heterocycles. The smallest absolute Gasteiger partial charge is 0.168 e. The summed E-state index contributed by atoms with van der Waals surface area (Å²) in [4.78, 5) is 23.4. The van der Waals surface area contributed by atoms with Crippen molar-refractivity contribution in [3.05, 3.63) is 0 Å². The van der Waals surface area contributed by atoms with Crippen molar-refractivity contribution in [2.45, 2.75) is 44.8 Å². The molecule has 0 radical (unpaired) electrons. The molecule has 0 aromatic carbocycles. The molecular formula is C14H20O4. The summed E-state index contributed by atoms with van der Waals surface area (Å²) in [6, 6.07) is 0. The Hall–Kier alpha value is -0.740. The van der Waals surface area contributed by atoms with E-state index in [0.29, 0.717) is 25.6 Å². The fourth-order valence-corrected chi connectivity index (χ4v) is 3.93. The zero-order valence-corrected chi connectivity index (χ0v) is 10.8. The molecule has 100 valence electrons. The monoisotopic (exact) mass is 252 g/mol. The van der Waals surface area contributed by atoms with E-state index in [4.69, 9.17) is 9.47 Å². The molecule has 3 fully saturated rings. The first-order chi connectivity index (χ1) is 8.60. The highest BCUT2D eigenvalue weighted by atomic mass is 16.7. The number of ether oxygens (including phenoxy) is 2. The van der Waals surface area contributed by atoms with E-state index in [0.717, 1.165) is 32.0 Å². The normalized spacial score (nSPS) is 42.8. The maximum absolute atomic E-state index is 12.4. The van der Waals surface area contributed by atoms with Gasteiger partial charge < -0.3 is 14.3 Å². The van der Waals surface area contributed by atoms with Crippen LogP contribution >= 0.6 is 0 Å². The summed E-state index contributed by atoms with van der Waals surface area (Å²) >= 11 is 0. The van der Waals surface area contributed by atoms with Crippen LogP contribution in [0.15, 0.2) is 0 Å². The van der Waals surface area contributed by atoms with Crippen molar-refractivity contribution in [3.8, 4) is 0 Å². The van der Waals surface area contributed by atoms with Gasteiger partial charge in [-0.3, -0.25) is 4.79 Å². The highest BCUT2D eigenvalue weighted by Gasteiger charge is 2.55. The molecule has 18 heavy (non-hydrogen) atoms. The van der Waals surface area contributed by atoms with E-state index in [1.165, 1.54) is 0 Å². The van der Waals surface area contributed by atoms with Gasteiger partial charge in [-0.15, -0.1) is 0 Å². The number of hydrogen-bond donors (Lipinski definition) is 0. The minimum atomic E-state index is -0.432. The van der Waals surface area contributed by atoms with E-state index in [9.17, 15) is 9.59 Å². The molecule has 1 spiro atoms. The molecule has 3 aliphatic rings. The van der Waals surface area contributed by atoms with Crippen molar-refractivity contribution in [2.24, 2.45) is 17.3 Å². The number of ketones is 1. The van der Waals surface area contributed by atoms with Gasteiger partial charge in [0.1, 0.15) is 12.1 Å². The Morgan fingerprint density at radius 2 is 1.94 bits per heavy atom. The van der Waals surface area contributed by atoms with Gasteiger partial charge in [-0.05, 0) is 25.2 Å². The molecule has 0 N–H and O–H groups in total. The van der Waals surface area contributed by atoms with E-state index < -0.39 is 5.79 Å². The molecule has 2 aliphatic carbocycles. The molecule has 4 heteroatoms. The molecule has 0 bridgehead atoms. The maximum Gasteiger partial charge on any atom is 0.168 e. The van der Waals surface area contributed by atoms with E-state index in [2.05, 4.69) is 0 Å². The van der Waals surface area contributed by atoms with Crippen LogP contribution in [0.5, 0.6) is 0 Å². The standard InChI is InChI=1S/C14H20O4/c1-13-4-5-14(17-6-7-18-14)8-11(13)3-2-10(9-15)12(13)16/h9-11H,2-8H2,1H3/t10?,11-,13-/m0/s1. The molecule has 1 unspecified atom stereocenters. The van der Waals surface area contributed by atoms with E-state index >= 15 is 0 Å². The highest BCUT2D eigenvalue weighted by Crippen LogP contribution is 2.53. The lowest BCUT2D eigenvalue weighted by Crippen LogP contribution is -2.52. The molecule has 3 atom stereocenters. The molecule has 4 nitrogen and oxygen atoms in total. The lowest BCUT2D eigenvalue weighted by atomic mass is 9.56. The zero-order valence-electron chi connectivity index (χ0n) is 10.8. The fourth-order valence-electron chi connectivity index (χ4n) is 3.93. The summed E-state index contributed by atoms with van der Waals surface area (Å²) in [6.45, 7) is 3.35. The van der Waals surface area contributed by atoms with Crippen LogP contribution in [0.4, 0.5) is 0 Å². The first-order valence-corrected chi connectivity index (χ1v) is 6.87. The fraction of sp³-hybridized carbons (Fsp3) is 0.857. The molecule has 3 rings (SSSR count). The van der Waals surface area contributed by atoms with E-state index in [-0.39, 0.29) is 17.1 Å². The number of carbonyl (C=O) groups is 2. The summed E-state index contributed by atoms with van der Waals surface area (Å²) in [5.74, 6) is -0.376. The summed E-state index contributed by atoms with van der Waals surface area (Å²) in [5, 5.41) is 0. The third-order valence-electron chi connectivity index (χ3n) is 5.19. The molecule has 0 amide bonds. The number of rotatable bonds is 1. The number of Topliss-reactive ketones (excluding diaryl/α,β-unsaturated/α-hetero) is 1. The Bertz CT molecular complexity index is 372. The summed E-state index contributed by atoms with van der Waals surface area (Å²) < 4.78 is 11.5. The quantitative estimate of drug-likeness (QED) is 0.526. The Morgan fingerprint density at radius 3 is 2.61 bits per heavy atom. The predicted molar refractivity (Wildman–Crippen MR) is 63.9 cm³/mol. The molecule has 0 aromatic rings. The summed E-state index contributed by atoms with van der Waals surface area (Å²) in [7, 11) is 0.